The van der Waals surface area contributed by atoms with E-state index in [1.807, 2.05) is 24.4 Å². The lowest BCUT2D eigenvalue weighted by atomic mass is 9.85. The fraction of sp³-hybridized carbons (Fsp3) is 0.526. The third-order valence-electron chi connectivity index (χ3n) is 5.52. The zero-order valence-corrected chi connectivity index (χ0v) is 17.3. The monoisotopic (exact) mass is 408 g/mol. The smallest absolute Gasteiger partial charge is 0.274 e. The van der Waals surface area contributed by atoms with Gasteiger partial charge in [-0.25, -0.2) is 9.86 Å². The molecule has 1 aliphatic rings. The van der Waals surface area contributed by atoms with Gasteiger partial charge in [0, 0.05) is 43.0 Å². The van der Waals surface area contributed by atoms with Crippen LogP contribution < -0.4 is 24.2 Å². The van der Waals surface area contributed by atoms with Gasteiger partial charge in [-0.15, -0.1) is 0 Å². The highest BCUT2D eigenvalue weighted by Crippen LogP contribution is 2.37. The molecule has 8 nitrogen and oxygen atoms in total. The van der Waals surface area contributed by atoms with Crippen LogP contribution in [0, 0.1) is 11.8 Å². The number of methoxy groups -OCH3 is 2. The van der Waals surface area contributed by atoms with Crippen LogP contribution in [0.1, 0.15) is 19.8 Å². The summed E-state index contributed by atoms with van der Waals surface area (Å²) in [4.78, 5) is 6.83. The van der Waals surface area contributed by atoms with Crippen LogP contribution in [0.4, 0.5) is 5.69 Å². The molecule has 154 valence electrons. The second-order valence-corrected chi connectivity index (χ2v) is 8.63. The number of ether oxygens (including phenoxy) is 2. The van der Waals surface area contributed by atoms with Crippen LogP contribution >= 0.6 is 0 Å². The van der Waals surface area contributed by atoms with E-state index in [0.29, 0.717) is 24.0 Å². The summed E-state index contributed by atoms with van der Waals surface area (Å²) in [5.41, 5.74) is 1.99. The van der Waals surface area contributed by atoms with Gasteiger partial charge in [0.1, 0.15) is 0 Å². The fourth-order valence-corrected chi connectivity index (χ4v) is 4.35. The molecule has 0 bridgehead atoms. The molecule has 1 aromatic heterocycles. The normalized spacial score (nSPS) is 16.9. The lowest BCUT2D eigenvalue weighted by Crippen LogP contribution is -2.40. The third kappa shape index (κ3) is 4.65. The molecule has 1 aromatic carbocycles. The van der Waals surface area contributed by atoms with Gasteiger partial charge in [0.05, 0.1) is 19.7 Å². The Balaban J connectivity index is 1.74. The Morgan fingerprint density at radius 1 is 1.25 bits per heavy atom. The number of nitrogens with one attached hydrogen (secondary N) is 1. The van der Waals surface area contributed by atoms with Crippen LogP contribution in [0.15, 0.2) is 24.4 Å². The van der Waals surface area contributed by atoms with E-state index < -0.39 is 10.2 Å². The van der Waals surface area contributed by atoms with Gasteiger partial charge in [-0.1, -0.05) is 6.92 Å². The lowest BCUT2D eigenvalue weighted by molar-refractivity contribution is 0.293. The summed E-state index contributed by atoms with van der Waals surface area (Å²) in [6.45, 7) is 4.24. The van der Waals surface area contributed by atoms with E-state index in [-0.39, 0.29) is 5.92 Å². The Morgan fingerprint density at radius 2 is 1.89 bits per heavy atom. The van der Waals surface area contributed by atoms with Crippen molar-refractivity contribution < 1.29 is 17.9 Å². The van der Waals surface area contributed by atoms with Gasteiger partial charge >= 0.3 is 0 Å². The van der Waals surface area contributed by atoms with Crippen molar-refractivity contribution in [3.8, 4) is 11.5 Å². The average Bonchev–Trinajstić information content (AvgIpc) is 2.70. The van der Waals surface area contributed by atoms with Crippen LogP contribution in [-0.2, 0) is 10.2 Å². The zero-order valence-electron chi connectivity index (χ0n) is 16.5. The van der Waals surface area contributed by atoms with Crippen LogP contribution in [0.3, 0.4) is 0 Å². The topological polar surface area (TPSA) is 107 Å². The molecule has 0 saturated carbocycles. The molecular formula is C19H28N4O4S. The predicted octanol–water partition coefficient (Wildman–Crippen LogP) is 1.90. The van der Waals surface area contributed by atoms with Crippen LogP contribution in [0.5, 0.6) is 11.5 Å². The largest absolute Gasteiger partial charge is 0.493 e. The molecular weight excluding hydrogens is 380 g/mol. The highest BCUT2D eigenvalue weighted by molar-refractivity contribution is 7.87. The predicted molar refractivity (Wildman–Crippen MR) is 110 cm³/mol. The van der Waals surface area contributed by atoms with Gasteiger partial charge in [-0.2, -0.15) is 8.42 Å². The molecule has 0 spiro atoms. The van der Waals surface area contributed by atoms with E-state index in [2.05, 4.69) is 21.5 Å². The molecule has 1 fully saturated rings. The van der Waals surface area contributed by atoms with E-state index in [4.69, 9.17) is 14.6 Å². The van der Waals surface area contributed by atoms with E-state index in [0.717, 1.165) is 42.5 Å². The number of hydrogen-bond donors (Lipinski definition) is 2. The van der Waals surface area contributed by atoms with E-state index in [1.54, 1.807) is 14.2 Å². The molecule has 1 aliphatic heterocycles. The van der Waals surface area contributed by atoms with Crippen molar-refractivity contribution in [3.63, 3.8) is 0 Å². The SMILES string of the molecule is COc1cc2nccc(N3CCC(C(C)CNS(N)(=O)=O)CC3)c2cc1OC. The molecule has 3 N–H and O–H groups in total. The van der Waals surface area contributed by atoms with E-state index >= 15 is 0 Å². The van der Waals surface area contributed by atoms with Crippen LogP contribution in [0.25, 0.3) is 10.9 Å². The molecule has 28 heavy (non-hydrogen) atoms. The molecule has 9 heteroatoms. The first-order valence-corrected chi connectivity index (χ1v) is 10.9. The first-order chi connectivity index (χ1) is 13.3. The quantitative estimate of drug-likeness (QED) is 0.725. The van der Waals surface area contributed by atoms with Crippen LogP contribution in [0.2, 0.25) is 0 Å². The maximum absolute atomic E-state index is 11.1. The zero-order chi connectivity index (χ0) is 20.3. The highest BCUT2D eigenvalue weighted by atomic mass is 32.2. The number of benzene rings is 1. The highest BCUT2D eigenvalue weighted by Gasteiger charge is 2.25. The molecule has 0 aliphatic carbocycles. The summed E-state index contributed by atoms with van der Waals surface area (Å²) in [7, 11) is -0.395. The summed E-state index contributed by atoms with van der Waals surface area (Å²) in [6.07, 6.45) is 3.80. The Bertz CT molecular complexity index is 927. The molecule has 0 radical (unpaired) electrons. The minimum Gasteiger partial charge on any atom is -0.493 e. The van der Waals surface area contributed by atoms with Crippen molar-refractivity contribution in [2.45, 2.75) is 19.8 Å². The van der Waals surface area contributed by atoms with Crippen molar-refractivity contribution in [1.82, 2.24) is 9.71 Å². The van der Waals surface area contributed by atoms with Crippen molar-refractivity contribution in [3.05, 3.63) is 24.4 Å². The van der Waals surface area contributed by atoms with E-state index in [1.165, 1.54) is 0 Å². The number of anilines is 1. The number of piperidine rings is 1. The first-order valence-electron chi connectivity index (χ1n) is 9.35. The Morgan fingerprint density at radius 3 is 2.50 bits per heavy atom. The number of aromatic nitrogens is 1. The summed E-state index contributed by atoms with van der Waals surface area (Å²) < 4.78 is 35.5. The minimum atomic E-state index is -3.64. The maximum atomic E-state index is 11.1. The molecule has 2 aromatic rings. The number of nitrogens with zero attached hydrogens (tertiary/aromatic N) is 2. The minimum absolute atomic E-state index is 0.235. The fourth-order valence-electron chi connectivity index (χ4n) is 3.86. The Kier molecular flexibility index (Phi) is 6.26. The molecule has 1 unspecified atom stereocenters. The van der Waals surface area contributed by atoms with Crippen molar-refractivity contribution in [2.75, 3.05) is 38.8 Å². The van der Waals surface area contributed by atoms with Crippen molar-refractivity contribution in [1.29, 1.82) is 0 Å². The van der Waals surface area contributed by atoms with Gasteiger partial charge in [0.2, 0.25) is 0 Å². The maximum Gasteiger partial charge on any atom is 0.274 e. The molecule has 3 rings (SSSR count). The molecule has 1 atom stereocenters. The Labute approximate surface area is 166 Å². The van der Waals surface area contributed by atoms with Gasteiger partial charge in [-0.05, 0) is 36.8 Å². The third-order valence-corrected chi connectivity index (χ3v) is 6.08. The average molecular weight is 409 g/mol. The number of rotatable bonds is 7. The summed E-state index contributed by atoms with van der Waals surface area (Å²) >= 11 is 0. The second-order valence-electron chi connectivity index (χ2n) is 7.25. The standard InChI is InChI=1S/C19H28N4O4S/c1-13(12-22-28(20,24)25)14-5-8-23(9-6-14)17-4-7-21-16-11-19(27-3)18(26-2)10-15(16)17/h4,7,10-11,13-14,22H,5-6,8-9,12H2,1-3H3,(H2,20,24,25). The number of hydrogen-bond acceptors (Lipinski definition) is 6. The summed E-state index contributed by atoms with van der Waals surface area (Å²) in [5, 5.41) is 6.07. The van der Waals surface area contributed by atoms with Crippen molar-refractivity contribution >= 4 is 26.8 Å². The van der Waals surface area contributed by atoms with Gasteiger partial charge < -0.3 is 14.4 Å². The first kappa shape index (κ1) is 20.6. The molecule has 1 saturated heterocycles. The summed E-state index contributed by atoms with van der Waals surface area (Å²) in [5.74, 6) is 2.03. The second kappa shape index (κ2) is 8.50. The van der Waals surface area contributed by atoms with Gasteiger partial charge in [0.25, 0.3) is 10.2 Å². The lowest BCUT2D eigenvalue weighted by Gasteiger charge is -2.36. The number of nitrogens with two attached hydrogens (primary N) is 1. The van der Waals surface area contributed by atoms with Gasteiger partial charge in [-0.3, -0.25) is 4.98 Å². The molecule has 2 heterocycles. The Hall–Kier alpha value is -2.10. The van der Waals surface area contributed by atoms with Gasteiger partial charge in [0.15, 0.2) is 11.5 Å². The van der Waals surface area contributed by atoms with E-state index in [9.17, 15) is 8.42 Å². The summed E-state index contributed by atoms with van der Waals surface area (Å²) in [6, 6.07) is 5.90. The van der Waals surface area contributed by atoms with Crippen LogP contribution in [-0.4, -0.2) is 47.3 Å². The number of fused-ring (bicyclic) bond motifs is 1. The van der Waals surface area contributed by atoms with Crippen molar-refractivity contribution in [2.24, 2.45) is 17.0 Å². The molecule has 0 amide bonds. The number of pyridine rings is 1.